The summed E-state index contributed by atoms with van der Waals surface area (Å²) in [5.74, 6) is -2.31. The standard InChI is InChI=1S/C17H16N4O5/c1-11-2-4-12(5-3-11)9-18-16(23)17(24)20-19-10-13-6-7-15(22)14(8-13)21(25)26/h2-8,10,22H,9H2,1H3,(H,18,23)(H,20,24)/b19-10+. The van der Waals surface area contributed by atoms with E-state index in [1.165, 1.54) is 6.07 Å². The first-order chi connectivity index (χ1) is 12.4. The number of carbonyl (C=O) groups is 2. The van der Waals surface area contributed by atoms with Gasteiger partial charge in [-0.3, -0.25) is 19.7 Å². The molecular weight excluding hydrogens is 340 g/mol. The van der Waals surface area contributed by atoms with Crippen molar-refractivity contribution < 1.29 is 19.6 Å². The normalized spacial score (nSPS) is 10.5. The van der Waals surface area contributed by atoms with E-state index >= 15 is 0 Å². The number of hydrogen-bond acceptors (Lipinski definition) is 6. The zero-order valence-corrected chi connectivity index (χ0v) is 13.8. The highest BCUT2D eigenvalue weighted by atomic mass is 16.6. The minimum absolute atomic E-state index is 0.195. The Kier molecular flexibility index (Phi) is 5.99. The summed E-state index contributed by atoms with van der Waals surface area (Å²) in [6, 6.07) is 11.0. The van der Waals surface area contributed by atoms with Gasteiger partial charge in [-0.05, 0) is 24.6 Å². The summed E-state index contributed by atoms with van der Waals surface area (Å²) in [5, 5.41) is 26.1. The molecule has 0 aliphatic rings. The van der Waals surface area contributed by atoms with Crippen LogP contribution in [-0.2, 0) is 16.1 Å². The fourth-order valence-electron chi connectivity index (χ4n) is 1.95. The average molecular weight is 356 g/mol. The molecule has 0 radical (unpaired) electrons. The van der Waals surface area contributed by atoms with Crippen LogP contribution in [0.2, 0.25) is 0 Å². The van der Waals surface area contributed by atoms with Crippen LogP contribution in [0.1, 0.15) is 16.7 Å². The zero-order chi connectivity index (χ0) is 19.1. The number of aryl methyl sites for hydroxylation is 1. The Bertz CT molecular complexity index is 862. The van der Waals surface area contributed by atoms with Crippen LogP contribution in [0.3, 0.4) is 0 Å². The summed E-state index contributed by atoms with van der Waals surface area (Å²) in [6.45, 7) is 2.14. The van der Waals surface area contributed by atoms with Gasteiger partial charge in [-0.15, -0.1) is 0 Å². The Labute approximate surface area is 148 Å². The second-order valence-electron chi connectivity index (χ2n) is 5.37. The summed E-state index contributed by atoms with van der Waals surface area (Å²) < 4.78 is 0. The number of nitrogens with zero attached hydrogens (tertiary/aromatic N) is 2. The molecule has 0 aliphatic carbocycles. The Hall–Kier alpha value is -3.75. The molecule has 0 bridgehead atoms. The summed E-state index contributed by atoms with van der Waals surface area (Å²) >= 11 is 0. The van der Waals surface area contributed by atoms with Gasteiger partial charge in [0.15, 0.2) is 5.75 Å². The van der Waals surface area contributed by atoms with Crippen molar-refractivity contribution in [3.63, 3.8) is 0 Å². The molecule has 0 aromatic heterocycles. The van der Waals surface area contributed by atoms with Crippen LogP contribution in [0, 0.1) is 17.0 Å². The monoisotopic (exact) mass is 356 g/mol. The van der Waals surface area contributed by atoms with Crippen LogP contribution in [-0.4, -0.2) is 28.1 Å². The molecule has 0 aliphatic heterocycles. The highest BCUT2D eigenvalue weighted by molar-refractivity contribution is 6.35. The molecule has 2 aromatic carbocycles. The van der Waals surface area contributed by atoms with Crippen LogP contribution < -0.4 is 10.7 Å². The van der Waals surface area contributed by atoms with Crippen molar-refractivity contribution in [3.05, 3.63) is 69.3 Å². The number of nitrogens with one attached hydrogen (secondary N) is 2. The molecule has 9 heteroatoms. The molecule has 0 saturated heterocycles. The maximum atomic E-state index is 11.7. The Morgan fingerprint density at radius 1 is 1.19 bits per heavy atom. The number of phenolic OH excluding ortho intramolecular Hbond substituents is 1. The zero-order valence-electron chi connectivity index (χ0n) is 13.8. The lowest BCUT2D eigenvalue weighted by Gasteiger charge is -2.04. The molecule has 0 heterocycles. The number of amides is 2. The van der Waals surface area contributed by atoms with Gasteiger partial charge in [0.1, 0.15) is 0 Å². The fourth-order valence-corrected chi connectivity index (χ4v) is 1.95. The van der Waals surface area contributed by atoms with Gasteiger partial charge in [-0.1, -0.05) is 29.8 Å². The Balaban J connectivity index is 1.88. The molecule has 9 nitrogen and oxygen atoms in total. The summed E-state index contributed by atoms with van der Waals surface area (Å²) in [5.41, 5.74) is 3.74. The molecule has 0 saturated carbocycles. The van der Waals surface area contributed by atoms with Crippen molar-refractivity contribution >= 4 is 23.7 Å². The van der Waals surface area contributed by atoms with E-state index in [0.717, 1.165) is 29.5 Å². The number of nitro benzene ring substituents is 1. The van der Waals surface area contributed by atoms with Crippen LogP contribution in [0.25, 0.3) is 0 Å². The van der Waals surface area contributed by atoms with Gasteiger partial charge >= 0.3 is 17.5 Å². The summed E-state index contributed by atoms with van der Waals surface area (Å²) in [7, 11) is 0. The second-order valence-corrected chi connectivity index (χ2v) is 5.37. The van der Waals surface area contributed by atoms with E-state index in [1.54, 1.807) is 0 Å². The van der Waals surface area contributed by atoms with E-state index in [1.807, 2.05) is 36.6 Å². The molecule has 0 unspecified atom stereocenters. The summed E-state index contributed by atoms with van der Waals surface area (Å²) in [6.07, 6.45) is 1.12. The predicted octanol–water partition coefficient (Wildman–Crippen LogP) is 1.38. The van der Waals surface area contributed by atoms with Crippen molar-refractivity contribution in [3.8, 4) is 5.75 Å². The lowest BCUT2D eigenvalue weighted by atomic mass is 10.1. The quantitative estimate of drug-likeness (QED) is 0.322. The Morgan fingerprint density at radius 2 is 1.88 bits per heavy atom. The van der Waals surface area contributed by atoms with Gasteiger partial charge in [0, 0.05) is 18.2 Å². The molecule has 2 rings (SSSR count). The summed E-state index contributed by atoms with van der Waals surface area (Å²) in [4.78, 5) is 33.3. The SMILES string of the molecule is Cc1ccc(CNC(=O)C(=O)N/N=C/c2ccc(O)c([N+](=O)[O-])c2)cc1. The molecular formula is C17H16N4O5. The van der Waals surface area contributed by atoms with Gasteiger partial charge in [-0.25, -0.2) is 5.43 Å². The molecule has 2 aromatic rings. The molecule has 0 spiro atoms. The highest BCUT2D eigenvalue weighted by Gasteiger charge is 2.14. The molecule has 26 heavy (non-hydrogen) atoms. The van der Waals surface area contributed by atoms with Crippen molar-refractivity contribution in [2.75, 3.05) is 0 Å². The van der Waals surface area contributed by atoms with Crippen molar-refractivity contribution in [1.29, 1.82) is 0 Å². The molecule has 0 fully saturated rings. The first kappa shape index (κ1) is 18.6. The van der Waals surface area contributed by atoms with E-state index in [0.29, 0.717) is 0 Å². The van der Waals surface area contributed by atoms with Gasteiger partial charge in [0.2, 0.25) is 0 Å². The predicted molar refractivity (Wildman–Crippen MR) is 93.5 cm³/mol. The number of phenols is 1. The van der Waals surface area contributed by atoms with Crippen LogP contribution in [0.5, 0.6) is 5.75 Å². The first-order valence-electron chi connectivity index (χ1n) is 7.51. The number of nitro groups is 1. The van der Waals surface area contributed by atoms with Crippen molar-refractivity contribution in [2.45, 2.75) is 13.5 Å². The molecule has 134 valence electrons. The van der Waals surface area contributed by atoms with E-state index in [4.69, 9.17) is 0 Å². The smallest absolute Gasteiger partial charge is 0.329 e. The number of rotatable bonds is 5. The van der Waals surface area contributed by atoms with Gasteiger partial charge in [-0.2, -0.15) is 5.10 Å². The molecule has 2 amide bonds. The average Bonchev–Trinajstić information content (AvgIpc) is 2.62. The van der Waals surface area contributed by atoms with Crippen molar-refractivity contribution in [1.82, 2.24) is 10.7 Å². The van der Waals surface area contributed by atoms with Crippen LogP contribution in [0.4, 0.5) is 5.69 Å². The minimum Gasteiger partial charge on any atom is -0.502 e. The largest absolute Gasteiger partial charge is 0.502 e. The van der Waals surface area contributed by atoms with Gasteiger partial charge < -0.3 is 10.4 Å². The maximum absolute atomic E-state index is 11.7. The third-order valence-electron chi connectivity index (χ3n) is 3.36. The maximum Gasteiger partial charge on any atom is 0.329 e. The van der Waals surface area contributed by atoms with Crippen LogP contribution >= 0.6 is 0 Å². The molecule has 0 atom stereocenters. The first-order valence-corrected chi connectivity index (χ1v) is 7.51. The number of hydrazone groups is 1. The van der Waals surface area contributed by atoms with E-state index < -0.39 is 28.2 Å². The lowest BCUT2D eigenvalue weighted by molar-refractivity contribution is -0.385. The number of carbonyl (C=O) groups excluding carboxylic acids is 2. The fraction of sp³-hybridized carbons (Fsp3) is 0.118. The van der Waals surface area contributed by atoms with Gasteiger partial charge in [0.25, 0.3) is 0 Å². The van der Waals surface area contributed by atoms with Crippen molar-refractivity contribution in [2.24, 2.45) is 5.10 Å². The third-order valence-corrected chi connectivity index (χ3v) is 3.36. The van der Waals surface area contributed by atoms with E-state index in [-0.39, 0.29) is 12.1 Å². The second kappa shape index (κ2) is 8.38. The topological polar surface area (TPSA) is 134 Å². The number of hydrogen-bond donors (Lipinski definition) is 3. The third kappa shape index (κ3) is 5.13. The Morgan fingerprint density at radius 3 is 2.54 bits per heavy atom. The van der Waals surface area contributed by atoms with Crippen LogP contribution in [0.15, 0.2) is 47.6 Å². The van der Waals surface area contributed by atoms with E-state index in [9.17, 15) is 24.8 Å². The van der Waals surface area contributed by atoms with Gasteiger partial charge in [0.05, 0.1) is 11.1 Å². The minimum atomic E-state index is -0.971. The number of aromatic hydroxyl groups is 1. The number of benzene rings is 2. The highest BCUT2D eigenvalue weighted by Crippen LogP contribution is 2.25. The molecule has 3 N–H and O–H groups in total. The van der Waals surface area contributed by atoms with E-state index in [2.05, 4.69) is 10.4 Å². The lowest BCUT2D eigenvalue weighted by Crippen LogP contribution is -2.37.